The predicted molar refractivity (Wildman–Crippen MR) is 67.8 cm³/mol. The maximum atomic E-state index is 13.9. The third kappa shape index (κ3) is 2.13. The highest BCUT2D eigenvalue weighted by Crippen LogP contribution is 2.31. The van der Waals surface area contributed by atoms with Gasteiger partial charge in [0.25, 0.3) is 0 Å². The molecule has 1 aromatic carbocycles. The Morgan fingerprint density at radius 1 is 1.42 bits per heavy atom. The average Bonchev–Trinajstić information content (AvgIpc) is 2.96. The molecule has 3 rings (SSSR count). The lowest BCUT2D eigenvalue weighted by molar-refractivity contribution is -0.131. The van der Waals surface area contributed by atoms with Crippen LogP contribution in [0.25, 0.3) is 0 Å². The first-order chi connectivity index (χ1) is 9.18. The van der Waals surface area contributed by atoms with E-state index in [2.05, 4.69) is 5.32 Å². The second-order valence-electron chi connectivity index (χ2n) is 5.04. The standard InChI is InChI=1S/C14H17FN2O2/c1-9-12(6-7-19-9)17-13(18)8-16-14(17)10-4-2-3-5-11(10)15/h2-5,9,12,14,16H,6-8H2,1H3. The van der Waals surface area contributed by atoms with Crippen LogP contribution < -0.4 is 5.32 Å². The van der Waals surface area contributed by atoms with Gasteiger partial charge in [0.15, 0.2) is 0 Å². The first kappa shape index (κ1) is 12.6. The van der Waals surface area contributed by atoms with Gasteiger partial charge in [-0.3, -0.25) is 10.1 Å². The monoisotopic (exact) mass is 264 g/mol. The molecule has 2 fully saturated rings. The molecule has 4 nitrogen and oxygen atoms in total. The van der Waals surface area contributed by atoms with Gasteiger partial charge in [-0.15, -0.1) is 0 Å². The Morgan fingerprint density at radius 3 is 2.89 bits per heavy atom. The third-order valence-electron chi connectivity index (χ3n) is 3.91. The molecule has 3 unspecified atom stereocenters. The van der Waals surface area contributed by atoms with E-state index in [1.54, 1.807) is 23.1 Å². The molecule has 3 atom stereocenters. The number of nitrogens with one attached hydrogen (secondary N) is 1. The highest BCUT2D eigenvalue weighted by atomic mass is 19.1. The van der Waals surface area contributed by atoms with Crippen molar-refractivity contribution in [1.29, 1.82) is 0 Å². The number of hydrogen-bond donors (Lipinski definition) is 1. The molecule has 19 heavy (non-hydrogen) atoms. The van der Waals surface area contributed by atoms with E-state index in [1.807, 2.05) is 6.92 Å². The van der Waals surface area contributed by atoms with Crippen LogP contribution in [-0.4, -0.2) is 36.1 Å². The molecule has 2 aliphatic heterocycles. The van der Waals surface area contributed by atoms with Crippen molar-refractivity contribution in [1.82, 2.24) is 10.2 Å². The lowest BCUT2D eigenvalue weighted by Crippen LogP contribution is -2.43. The minimum Gasteiger partial charge on any atom is -0.376 e. The van der Waals surface area contributed by atoms with Crippen LogP contribution in [0.1, 0.15) is 25.1 Å². The van der Waals surface area contributed by atoms with Crippen molar-refractivity contribution in [2.45, 2.75) is 31.7 Å². The van der Waals surface area contributed by atoms with Crippen LogP contribution in [-0.2, 0) is 9.53 Å². The molecule has 102 valence electrons. The Hall–Kier alpha value is -1.46. The number of rotatable bonds is 2. The molecular formula is C14H17FN2O2. The molecule has 0 aromatic heterocycles. The predicted octanol–water partition coefficient (Wildman–Crippen LogP) is 1.43. The molecule has 0 bridgehead atoms. The van der Waals surface area contributed by atoms with Crippen molar-refractivity contribution in [3.8, 4) is 0 Å². The van der Waals surface area contributed by atoms with Gasteiger partial charge in [0, 0.05) is 12.2 Å². The van der Waals surface area contributed by atoms with E-state index in [1.165, 1.54) is 6.07 Å². The molecule has 0 radical (unpaired) electrons. The highest BCUT2D eigenvalue weighted by Gasteiger charge is 2.42. The SMILES string of the molecule is CC1OCCC1N1C(=O)CNC1c1ccccc1F. The second kappa shape index (κ2) is 4.90. The first-order valence-corrected chi connectivity index (χ1v) is 6.59. The zero-order valence-electron chi connectivity index (χ0n) is 10.8. The third-order valence-corrected chi connectivity index (χ3v) is 3.91. The number of carbonyl (C=O) groups excluding carboxylic acids is 1. The van der Waals surface area contributed by atoms with Gasteiger partial charge in [0.05, 0.1) is 18.7 Å². The van der Waals surface area contributed by atoms with Gasteiger partial charge >= 0.3 is 0 Å². The minimum absolute atomic E-state index is 0.00174. The van der Waals surface area contributed by atoms with Gasteiger partial charge in [-0.2, -0.15) is 0 Å². The molecule has 0 aliphatic carbocycles. The Kier molecular flexibility index (Phi) is 3.24. The zero-order valence-corrected chi connectivity index (χ0v) is 10.8. The summed E-state index contributed by atoms with van der Waals surface area (Å²) in [5.41, 5.74) is 0.521. The largest absolute Gasteiger partial charge is 0.376 e. The van der Waals surface area contributed by atoms with Crippen LogP contribution in [0.2, 0.25) is 0 Å². The summed E-state index contributed by atoms with van der Waals surface area (Å²) in [6.45, 7) is 2.86. The van der Waals surface area contributed by atoms with Crippen molar-refractivity contribution in [3.05, 3.63) is 35.6 Å². The molecule has 5 heteroatoms. The summed E-state index contributed by atoms with van der Waals surface area (Å²) in [4.78, 5) is 13.8. The summed E-state index contributed by atoms with van der Waals surface area (Å²) < 4.78 is 19.4. The van der Waals surface area contributed by atoms with Crippen molar-refractivity contribution in [2.24, 2.45) is 0 Å². The number of amides is 1. The molecule has 1 amide bonds. The summed E-state index contributed by atoms with van der Waals surface area (Å²) in [5.74, 6) is -0.276. The lowest BCUT2D eigenvalue weighted by atomic mass is 10.1. The molecule has 2 saturated heterocycles. The fourth-order valence-electron chi connectivity index (χ4n) is 2.94. The number of halogens is 1. The summed E-state index contributed by atoms with van der Waals surface area (Å²) in [6.07, 6.45) is 0.417. The van der Waals surface area contributed by atoms with Crippen LogP contribution in [0.5, 0.6) is 0 Å². The smallest absolute Gasteiger partial charge is 0.238 e. The number of hydrogen-bond acceptors (Lipinski definition) is 3. The zero-order chi connectivity index (χ0) is 13.4. The summed E-state index contributed by atoms with van der Waals surface area (Å²) in [6, 6.07) is 6.61. The molecule has 0 saturated carbocycles. The first-order valence-electron chi connectivity index (χ1n) is 6.59. The van der Waals surface area contributed by atoms with Gasteiger partial charge < -0.3 is 9.64 Å². The highest BCUT2D eigenvalue weighted by molar-refractivity contribution is 5.81. The lowest BCUT2D eigenvalue weighted by Gasteiger charge is -2.32. The number of ether oxygens (including phenoxy) is 1. The van der Waals surface area contributed by atoms with E-state index in [4.69, 9.17) is 4.74 Å². The minimum atomic E-state index is -0.386. The Balaban J connectivity index is 1.92. The summed E-state index contributed by atoms with van der Waals surface area (Å²) in [5, 5.41) is 3.09. The van der Waals surface area contributed by atoms with Crippen molar-refractivity contribution < 1.29 is 13.9 Å². The van der Waals surface area contributed by atoms with E-state index in [-0.39, 0.29) is 36.6 Å². The van der Waals surface area contributed by atoms with Crippen LogP contribution >= 0.6 is 0 Å². The van der Waals surface area contributed by atoms with Gasteiger partial charge in [-0.1, -0.05) is 18.2 Å². The quantitative estimate of drug-likeness (QED) is 0.878. The molecule has 2 aliphatic rings. The van der Waals surface area contributed by atoms with Crippen molar-refractivity contribution in [2.75, 3.05) is 13.2 Å². The maximum absolute atomic E-state index is 13.9. The Morgan fingerprint density at radius 2 is 2.21 bits per heavy atom. The van der Waals surface area contributed by atoms with Gasteiger partial charge in [-0.25, -0.2) is 4.39 Å². The van der Waals surface area contributed by atoms with E-state index < -0.39 is 0 Å². The molecule has 0 spiro atoms. The van der Waals surface area contributed by atoms with Crippen LogP contribution in [0.15, 0.2) is 24.3 Å². The van der Waals surface area contributed by atoms with Gasteiger partial charge in [0.1, 0.15) is 12.0 Å². The number of benzene rings is 1. The van der Waals surface area contributed by atoms with E-state index in [0.717, 1.165) is 6.42 Å². The summed E-state index contributed by atoms with van der Waals surface area (Å²) >= 11 is 0. The van der Waals surface area contributed by atoms with Gasteiger partial charge in [-0.05, 0) is 19.4 Å². The Labute approximate surface area is 111 Å². The molecule has 1 N–H and O–H groups in total. The van der Waals surface area contributed by atoms with Crippen LogP contribution in [0.3, 0.4) is 0 Å². The number of nitrogens with zero attached hydrogens (tertiary/aromatic N) is 1. The van der Waals surface area contributed by atoms with Crippen LogP contribution in [0.4, 0.5) is 4.39 Å². The fraction of sp³-hybridized carbons (Fsp3) is 0.500. The van der Waals surface area contributed by atoms with Crippen LogP contribution in [0, 0.1) is 5.82 Å². The molecular weight excluding hydrogens is 247 g/mol. The molecule has 2 heterocycles. The summed E-state index contributed by atoms with van der Waals surface area (Å²) in [7, 11) is 0. The average molecular weight is 264 g/mol. The van der Waals surface area contributed by atoms with E-state index >= 15 is 0 Å². The Bertz CT molecular complexity index is 494. The van der Waals surface area contributed by atoms with E-state index in [0.29, 0.717) is 12.2 Å². The van der Waals surface area contributed by atoms with E-state index in [9.17, 15) is 9.18 Å². The normalized spacial score (nSPS) is 31.2. The molecule has 1 aromatic rings. The van der Waals surface area contributed by atoms with Gasteiger partial charge in [0.2, 0.25) is 5.91 Å². The van der Waals surface area contributed by atoms with Crippen molar-refractivity contribution in [3.63, 3.8) is 0 Å². The maximum Gasteiger partial charge on any atom is 0.238 e. The topological polar surface area (TPSA) is 41.6 Å². The number of carbonyl (C=O) groups is 1. The second-order valence-corrected chi connectivity index (χ2v) is 5.04. The fourth-order valence-corrected chi connectivity index (χ4v) is 2.94. The van der Waals surface area contributed by atoms with Crippen molar-refractivity contribution >= 4 is 5.91 Å².